The molecule has 2 heterocycles. The van der Waals surface area contributed by atoms with E-state index < -0.39 is 0 Å². The van der Waals surface area contributed by atoms with E-state index in [1.54, 1.807) is 24.9 Å². The monoisotopic (exact) mass is 204 g/mol. The lowest BCUT2D eigenvalue weighted by atomic mass is 10.1. The van der Waals surface area contributed by atoms with E-state index in [1.165, 1.54) is 0 Å². The topological polar surface area (TPSA) is 77.0 Å². The zero-order chi connectivity index (χ0) is 10.7. The Balaban J connectivity index is 2.31. The van der Waals surface area contributed by atoms with Gasteiger partial charge in [0.15, 0.2) is 5.82 Å². The standard InChI is InChI=1S/C10H12N4O/c1-7-4-12-10(13-5-7)9(14-11)8-2-3-15-6-8/h2-6,9,14H,11H2,1H3. The molecule has 1 atom stereocenters. The molecule has 1 unspecified atom stereocenters. The minimum Gasteiger partial charge on any atom is -0.472 e. The van der Waals surface area contributed by atoms with Crippen molar-refractivity contribution in [1.82, 2.24) is 15.4 Å². The maximum Gasteiger partial charge on any atom is 0.151 e. The van der Waals surface area contributed by atoms with Gasteiger partial charge in [0.05, 0.1) is 12.5 Å². The van der Waals surface area contributed by atoms with E-state index in [0.717, 1.165) is 11.1 Å². The van der Waals surface area contributed by atoms with Crippen LogP contribution in [-0.4, -0.2) is 9.97 Å². The SMILES string of the molecule is Cc1cnc(C(NN)c2ccoc2)nc1. The summed E-state index contributed by atoms with van der Waals surface area (Å²) in [7, 11) is 0. The summed E-state index contributed by atoms with van der Waals surface area (Å²) in [6.07, 6.45) is 6.72. The molecule has 2 aromatic rings. The van der Waals surface area contributed by atoms with Crippen molar-refractivity contribution < 1.29 is 4.42 Å². The van der Waals surface area contributed by atoms with E-state index in [9.17, 15) is 0 Å². The zero-order valence-corrected chi connectivity index (χ0v) is 8.34. The third kappa shape index (κ3) is 2.03. The van der Waals surface area contributed by atoms with Crippen LogP contribution in [0, 0.1) is 6.92 Å². The van der Waals surface area contributed by atoms with Gasteiger partial charge in [0.25, 0.3) is 0 Å². The maximum atomic E-state index is 5.46. The molecule has 0 aliphatic heterocycles. The van der Waals surface area contributed by atoms with Crippen LogP contribution in [0.25, 0.3) is 0 Å². The fourth-order valence-corrected chi connectivity index (χ4v) is 1.31. The van der Waals surface area contributed by atoms with Crippen LogP contribution >= 0.6 is 0 Å². The second-order valence-electron chi connectivity index (χ2n) is 3.27. The van der Waals surface area contributed by atoms with Crippen molar-refractivity contribution in [2.24, 2.45) is 5.84 Å². The van der Waals surface area contributed by atoms with Crippen molar-refractivity contribution in [2.75, 3.05) is 0 Å². The largest absolute Gasteiger partial charge is 0.472 e. The number of nitrogens with two attached hydrogens (primary N) is 1. The molecule has 0 spiro atoms. The van der Waals surface area contributed by atoms with E-state index >= 15 is 0 Å². The first kappa shape index (κ1) is 9.82. The molecule has 0 aliphatic rings. The average Bonchev–Trinajstić information content (AvgIpc) is 2.75. The van der Waals surface area contributed by atoms with Gasteiger partial charge in [-0.1, -0.05) is 0 Å². The number of hydrazine groups is 1. The number of nitrogens with zero attached hydrogens (tertiary/aromatic N) is 2. The molecule has 0 saturated heterocycles. The van der Waals surface area contributed by atoms with Gasteiger partial charge in [-0.25, -0.2) is 15.4 Å². The third-order valence-electron chi connectivity index (χ3n) is 2.10. The molecule has 2 aromatic heterocycles. The summed E-state index contributed by atoms with van der Waals surface area (Å²) in [5.74, 6) is 6.09. The molecule has 0 bridgehead atoms. The van der Waals surface area contributed by atoms with Gasteiger partial charge in [0.1, 0.15) is 6.04 Å². The van der Waals surface area contributed by atoms with Crippen LogP contribution in [0.1, 0.15) is 23.0 Å². The molecule has 15 heavy (non-hydrogen) atoms. The lowest BCUT2D eigenvalue weighted by Crippen LogP contribution is -2.29. The minimum absolute atomic E-state index is 0.232. The Morgan fingerprint density at radius 1 is 1.40 bits per heavy atom. The Hall–Kier alpha value is -1.72. The van der Waals surface area contributed by atoms with E-state index in [4.69, 9.17) is 10.3 Å². The summed E-state index contributed by atoms with van der Waals surface area (Å²) in [6.45, 7) is 1.94. The summed E-state index contributed by atoms with van der Waals surface area (Å²) in [5.41, 5.74) is 4.57. The molecule has 0 fully saturated rings. The van der Waals surface area contributed by atoms with Crippen LogP contribution in [-0.2, 0) is 0 Å². The Labute approximate surface area is 87.3 Å². The van der Waals surface area contributed by atoms with E-state index in [1.807, 2.05) is 13.0 Å². The van der Waals surface area contributed by atoms with Gasteiger partial charge < -0.3 is 4.42 Å². The van der Waals surface area contributed by atoms with Gasteiger partial charge in [-0.05, 0) is 18.6 Å². The van der Waals surface area contributed by atoms with Crippen LogP contribution in [0.2, 0.25) is 0 Å². The maximum absolute atomic E-state index is 5.46. The fourth-order valence-electron chi connectivity index (χ4n) is 1.31. The number of aromatic nitrogens is 2. The smallest absolute Gasteiger partial charge is 0.151 e. The molecule has 0 aliphatic carbocycles. The van der Waals surface area contributed by atoms with E-state index in [2.05, 4.69) is 15.4 Å². The van der Waals surface area contributed by atoms with Crippen molar-refractivity contribution >= 4 is 0 Å². The molecule has 0 aromatic carbocycles. The highest BCUT2D eigenvalue weighted by Gasteiger charge is 2.15. The second-order valence-corrected chi connectivity index (χ2v) is 3.27. The van der Waals surface area contributed by atoms with Gasteiger partial charge >= 0.3 is 0 Å². The lowest BCUT2D eigenvalue weighted by Gasteiger charge is -2.11. The molecule has 5 heteroatoms. The van der Waals surface area contributed by atoms with Gasteiger partial charge in [-0.3, -0.25) is 5.84 Å². The van der Waals surface area contributed by atoms with Crippen LogP contribution in [0.4, 0.5) is 0 Å². The van der Waals surface area contributed by atoms with Crippen LogP contribution in [0.5, 0.6) is 0 Å². The highest BCUT2D eigenvalue weighted by atomic mass is 16.3. The molecule has 0 saturated carbocycles. The highest BCUT2D eigenvalue weighted by Crippen LogP contribution is 2.17. The Morgan fingerprint density at radius 2 is 2.13 bits per heavy atom. The van der Waals surface area contributed by atoms with Crippen molar-refractivity contribution in [1.29, 1.82) is 0 Å². The summed E-state index contributed by atoms with van der Waals surface area (Å²) in [4.78, 5) is 8.42. The fraction of sp³-hybridized carbons (Fsp3) is 0.200. The minimum atomic E-state index is -0.232. The number of aryl methyl sites for hydroxylation is 1. The molecule has 2 rings (SSSR count). The molecule has 0 radical (unpaired) electrons. The van der Waals surface area contributed by atoms with Crippen LogP contribution < -0.4 is 11.3 Å². The van der Waals surface area contributed by atoms with Crippen molar-refractivity contribution in [3.63, 3.8) is 0 Å². The zero-order valence-electron chi connectivity index (χ0n) is 8.34. The first-order chi connectivity index (χ1) is 7.31. The van der Waals surface area contributed by atoms with Crippen LogP contribution in [0.3, 0.4) is 0 Å². The van der Waals surface area contributed by atoms with Crippen molar-refractivity contribution in [3.05, 3.63) is 47.9 Å². The molecule has 5 nitrogen and oxygen atoms in total. The predicted molar refractivity (Wildman–Crippen MR) is 54.6 cm³/mol. The highest BCUT2D eigenvalue weighted by molar-refractivity contribution is 5.20. The lowest BCUT2D eigenvalue weighted by molar-refractivity contribution is 0.547. The molecular formula is C10H12N4O. The summed E-state index contributed by atoms with van der Waals surface area (Å²) in [6, 6.07) is 1.60. The Morgan fingerprint density at radius 3 is 2.67 bits per heavy atom. The van der Waals surface area contributed by atoms with E-state index in [-0.39, 0.29) is 6.04 Å². The second kappa shape index (κ2) is 4.20. The van der Waals surface area contributed by atoms with Crippen molar-refractivity contribution in [3.8, 4) is 0 Å². The van der Waals surface area contributed by atoms with E-state index in [0.29, 0.717) is 5.82 Å². The number of hydrogen-bond acceptors (Lipinski definition) is 5. The molecule has 0 amide bonds. The average molecular weight is 204 g/mol. The number of furan rings is 1. The number of nitrogens with one attached hydrogen (secondary N) is 1. The van der Waals surface area contributed by atoms with Crippen LogP contribution in [0.15, 0.2) is 35.4 Å². The molecular weight excluding hydrogens is 192 g/mol. The Kier molecular flexibility index (Phi) is 2.75. The normalized spacial score (nSPS) is 12.7. The summed E-state index contributed by atoms with van der Waals surface area (Å²) in [5, 5.41) is 0. The molecule has 78 valence electrons. The summed E-state index contributed by atoms with van der Waals surface area (Å²) >= 11 is 0. The number of rotatable bonds is 3. The van der Waals surface area contributed by atoms with Gasteiger partial charge in [0.2, 0.25) is 0 Å². The first-order valence-electron chi connectivity index (χ1n) is 4.58. The first-order valence-corrected chi connectivity index (χ1v) is 4.58. The Bertz CT molecular complexity index is 409. The quantitative estimate of drug-likeness (QED) is 0.574. The molecule has 3 N–H and O–H groups in total. The van der Waals surface area contributed by atoms with Crippen molar-refractivity contribution in [2.45, 2.75) is 13.0 Å². The number of hydrogen-bond donors (Lipinski definition) is 2. The van der Waals surface area contributed by atoms with Gasteiger partial charge in [0, 0.05) is 18.0 Å². The summed E-state index contributed by atoms with van der Waals surface area (Å²) < 4.78 is 4.99. The third-order valence-corrected chi connectivity index (χ3v) is 2.10. The van der Waals surface area contributed by atoms with Gasteiger partial charge in [-0.2, -0.15) is 0 Å². The van der Waals surface area contributed by atoms with Gasteiger partial charge in [-0.15, -0.1) is 0 Å². The predicted octanol–water partition coefficient (Wildman–Crippen LogP) is 0.931.